The molecule has 1 unspecified atom stereocenters. The molecule has 1 atom stereocenters. The first-order chi connectivity index (χ1) is 9.36. The Bertz CT molecular complexity index is 556. The van der Waals surface area contributed by atoms with Gasteiger partial charge in [-0.05, 0) is 30.2 Å². The number of halogens is 3. The van der Waals surface area contributed by atoms with Gasteiger partial charge >= 0.3 is 6.18 Å². The van der Waals surface area contributed by atoms with Crippen LogP contribution in [0.2, 0.25) is 0 Å². The zero-order valence-electron chi connectivity index (χ0n) is 11.0. The standard InChI is InChI=1S/C16H15F3O/c1-11-2-6-13(7-3-11)15(20)10-12-4-8-14(9-5-12)16(17,18)19/h2-9,15,20H,10H2,1H3. The Labute approximate surface area is 115 Å². The lowest BCUT2D eigenvalue weighted by Gasteiger charge is -2.12. The predicted octanol–water partition coefficient (Wildman–Crippen LogP) is 4.29. The van der Waals surface area contributed by atoms with Crippen LogP contribution in [-0.2, 0) is 12.6 Å². The summed E-state index contributed by atoms with van der Waals surface area (Å²) in [4.78, 5) is 0. The lowest BCUT2D eigenvalue weighted by atomic mass is 10.00. The molecule has 4 heteroatoms. The van der Waals surface area contributed by atoms with E-state index in [0.717, 1.165) is 23.3 Å². The fourth-order valence-electron chi connectivity index (χ4n) is 1.96. The van der Waals surface area contributed by atoms with Crippen LogP contribution in [0.4, 0.5) is 13.2 Å². The number of aryl methyl sites for hydroxylation is 1. The van der Waals surface area contributed by atoms with E-state index >= 15 is 0 Å². The number of rotatable bonds is 3. The smallest absolute Gasteiger partial charge is 0.388 e. The third-order valence-electron chi connectivity index (χ3n) is 3.17. The largest absolute Gasteiger partial charge is 0.416 e. The van der Waals surface area contributed by atoms with Gasteiger partial charge in [-0.15, -0.1) is 0 Å². The normalized spacial score (nSPS) is 13.2. The molecule has 0 amide bonds. The topological polar surface area (TPSA) is 20.2 Å². The Kier molecular flexibility index (Phi) is 4.14. The molecule has 0 radical (unpaired) electrons. The fourth-order valence-corrected chi connectivity index (χ4v) is 1.96. The molecule has 0 aliphatic rings. The van der Waals surface area contributed by atoms with Gasteiger partial charge in [0.15, 0.2) is 0 Å². The summed E-state index contributed by atoms with van der Waals surface area (Å²) in [6, 6.07) is 12.3. The van der Waals surface area contributed by atoms with Crippen LogP contribution in [0.5, 0.6) is 0 Å². The molecule has 0 aromatic heterocycles. The van der Waals surface area contributed by atoms with Gasteiger partial charge in [0, 0.05) is 6.42 Å². The summed E-state index contributed by atoms with van der Waals surface area (Å²) >= 11 is 0. The number of aliphatic hydroxyl groups is 1. The quantitative estimate of drug-likeness (QED) is 0.889. The van der Waals surface area contributed by atoms with E-state index in [9.17, 15) is 18.3 Å². The van der Waals surface area contributed by atoms with Crippen LogP contribution in [0.3, 0.4) is 0 Å². The molecule has 2 aromatic rings. The van der Waals surface area contributed by atoms with Gasteiger partial charge in [0.25, 0.3) is 0 Å². The van der Waals surface area contributed by atoms with Crippen molar-refractivity contribution in [1.29, 1.82) is 0 Å². The van der Waals surface area contributed by atoms with Crippen LogP contribution >= 0.6 is 0 Å². The van der Waals surface area contributed by atoms with Crippen molar-refractivity contribution in [2.75, 3.05) is 0 Å². The van der Waals surface area contributed by atoms with E-state index in [-0.39, 0.29) is 0 Å². The molecule has 2 aromatic carbocycles. The van der Waals surface area contributed by atoms with E-state index in [2.05, 4.69) is 0 Å². The Balaban J connectivity index is 2.08. The summed E-state index contributed by atoms with van der Waals surface area (Å²) in [6.45, 7) is 1.95. The Hall–Kier alpha value is -1.81. The van der Waals surface area contributed by atoms with Gasteiger partial charge in [0.2, 0.25) is 0 Å². The first kappa shape index (κ1) is 14.6. The highest BCUT2D eigenvalue weighted by molar-refractivity contribution is 5.28. The van der Waals surface area contributed by atoms with Crippen molar-refractivity contribution in [1.82, 2.24) is 0 Å². The van der Waals surface area contributed by atoms with Gasteiger partial charge in [-0.2, -0.15) is 13.2 Å². The maximum absolute atomic E-state index is 12.4. The van der Waals surface area contributed by atoms with Crippen LogP contribution in [0.15, 0.2) is 48.5 Å². The summed E-state index contributed by atoms with van der Waals surface area (Å²) in [7, 11) is 0. The number of aliphatic hydroxyl groups excluding tert-OH is 1. The summed E-state index contributed by atoms with van der Waals surface area (Å²) in [5.41, 5.74) is 1.85. The zero-order valence-corrected chi connectivity index (χ0v) is 11.0. The van der Waals surface area contributed by atoms with E-state index in [1.165, 1.54) is 12.1 Å². The van der Waals surface area contributed by atoms with Crippen LogP contribution in [0.1, 0.15) is 28.4 Å². The molecule has 0 fully saturated rings. The predicted molar refractivity (Wildman–Crippen MR) is 71.3 cm³/mol. The Morgan fingerprint density at radius 1 is 0.950 bits per heavy atom. The van der Waals surface area contributed by atoms with Crippen molar-refractivity contribution in [3.8, 4) is 0 Å². The number of hydrogen-bond acceptors (Lipinski definition) is 1. The molecule has 0 saturated carbocycles. The van der Waals surface area contributed by atoms with Crippen LogP contribution in [0, 0.1) is 6.92 Å². The SMILES string of the molecule is Cc1ccc(C(O)Cc2ccc(C(F)(F)F)cc2)cc1. The Morgan fingerprint density at radius 2 is 1.50 bits per heavy atom. The van der Waals surface area contributed by atoms with Crippen molar-refractivity contribution in [2.45, 2.75) is 25.6 Å². The molecule has 106 valence electrons. The van der Waals surface area contributed by atoms with Crippen molar-refractivity contribution >= 4 is 0 Å². The average molecular weight is 280 g/mol. The Morgan fingerprint density at radius 3 is 2.00 bits per heavy atom. The molecule has 0 aliphatic heterocycles. The van der Waals surface area contributed by atoms with E-state index < -0.39 is 17.8 Å². The third-order valence-corrected chi connectivity index (χ3v) is 3.17. The van der Waals surface area contributed by atoms with Gasteiger partial charge in [0.1, 0.15) is 0 Å². The van der Waals surface area contributed by atoms with E-state index in [4.69, 9.17) is 0 Å². The van der Waals surface area contributed by atoms with Crippen LogP contribution in [0.25, 0.3) is 0 Å². The van der Waals surface area contributed by atoms with Crippen LogP contribution < -0.4 is 0 Å². The van der Waals surface area contributed by atoms with Gasteiger partial charge < -0.3 is 5.11 Å². The second-order valence-electron chi connectivity index (χ2n) is 4.83. The molecule has 0 bridgehead atoms. The van der Waals surface area contributed by atoms with Gasteiger partial charge in [0.05, 0.1) is 11.7 Å². The molecular weight excluding hydrogens is 265 g/mol. The monoisotopic (exact) mass is 280 g/mol. The van der Waals surface area contributed by atoms with Crippen molar-refractivity contribution < 1.29 is 18.3 Å². The fraction of sp³-hybridized carbons (Fsp3) is 0.250. The minimum Gasteiger partial charge on any atom is -0.388 e. The third kappa shape index (κ3) is 3.61. The number of benzene rings is 2. The highest BCUT2D eigenvalue weighted by atomic mass is 19.4. The second kappa shape index (κ2) is 5.67. The zero-order chi connectivity index (χ0) is 14.8. The minimum absolute atomic E-state index is 0.293. The molecule has 1 N–H and O–H groups in total. The summed E-state index contributed by atoms with van der Waals surface area (Å²) in [6.07, 6.45) is -4.75. The summed E-state index contributed by atoms with van der Waals surface area (Å²) in [5.74, 6) is 0. The molecule has 0 saturated heterocycles. The molecule has 0 spiro atoms. The van der Waals surface area contributed by atoms with Gasteiger partial charge in [-0.3, -0.25) is 0 Å². The molecule has 20 heavy (non-hydrogen) atoms. The van der Waals surface area contributed by atoms with Crippen molar-refractivity contribution in [3.63, 3.8) is 0 Å². The van der Waals surface area contributed by atoms with Crippen molar-refractivity contribution in [3.05, 3.63) is 70.8 Å². The van der Waals surface area contributed by atoms with Gasteiger partial charge in [-0.1, -0.05) is 42.0 Å². The van der Waals surface area contributed by atoms with Gasteiger partial charge in [-0.25, -0.2) is 0 Å². The summed E-state index contributed by atoms with van der Waals surface area (Å²) < 4.78 is 37.3. The minimum atomic E-state index is -4.33. The summed E-state index contributed by atoms with van der Waals surface area (Å²) in [5, 5.41) is 10.1. The lowest BCUT2D eigenvalue weighted by Crippen LogP contribution is -2.06. The maximum Gasteiger partial charge on any atom is 0.416 e. The first-order valence-corrected chi connectivity index (χ1v) is 6.27. The molecule has 0 aliphatic carbocycles. The molecule has 2 rings (SSSR count). The molecule has 0 heterocycles. The first-order valence-electron chi connectivity index (χ1n) is 6.27. The van der Waals surface area contributed by atoms with E-state index in [0.29, 0.717) is 12.0 Å². The van der Waals surface area contributed by atoms with E-state index in [1.807, 2.05) is 31.2 Å². The highest BCUT2D eigenvalue weighted by Gasteiger charge is 2.29. The second-order valence-corrected chi connectivity index (χ2v) is 4.83. The maximum atomic E-state index is 12.4. The molecular formula is C16H15F3O. The highest BCUT2D eigenvalue weighted by Crippen LogP contribution is 2.29. The average Bonchev–Trinajstić information content (AvgIpc) is 2.39. The van der Waals surface area contributed by atoms with Crippen LogP contribution in [-0.4, -0.2) is 5.11 Å². The lowest BCUT2D eigenvalue weighted by molar-refractivity contribution is -0.137. The number of alkyl halides is 3. The number of hydrogen-bond donors (Lipinski definition) is 1. The van der Waals surface area contributed by atoms with Crippen molar-refractivity contribution in [2.24, 2.45) is 0 Å². The molecule has 1 nitrogen and oxygen atoms in total. The van der Waals surface area contributed by atoms with E-state index in [1.54, 1.807) is 0 Å².